The van der Waals surface area contributed by atoms with E-state index < -0.39 is 30.7 Å². The number of rotatable bonds is 4. The molecule has 0 aliphatic heterocycles. The van der Waals surface area contributed by atoms with E-state index in [1.807, 2.05) is 6.07 Å². The van der Waals surface area contributed by atoms with Crippen molar-refractivity contribution in [1.82, 2.24) is 4.72 Å². The molecule has 1 aromatic rings. The molecule has 0 spiro atoms. The number of nitriles is 1. The molecular formula is C11H11FN2O4S2. The van der Waals surface area contributed by atoms with Gasteiger partial charge in [0.1, 0.15) is 5.54 Å². The highest BCUT2D eigenvalue weighted by Crippen LogP contribution is 2.32. The highest BCUT2D eigenvalue weighted by molar-refractivity contribution is 7.89. The van der Waals surface area contributed by atoms with Gasteiger partial charge in [-0.25, -0.2) is 8.42 Å². The van der Waals surface area contributed by atoms with Crippen molar-refractivity contribution in [2.75, 3.05) is 0 Å². The van der Waals surface area contributed by atoms with Gasteiger partial charge in [-0.15, -0.1) is 3.89 Å². The summed E-state index contributed by atoms with van der Waals surface area (Å²) in [4.78, 5) is -0.832. The lowest BCUT2D eigenvalue weighted by atomic mass is 9.79. The first-order valence-electron chi connectivity index (χ1n) is 5.69. The van der Waals surface area contributed by atoms with Gasteiger partial charge in [0.25, 0.3) is 0 Å². The monoisotopic (exact) mass is 318 g/mol. The molecule has 0 bridgehead atoms. The minimum Gasteiger partial charge on any atom is -0.207 e. The maximum absolute atomic E-state index is 12.7. The average Bonchev–Trinajstić information content (AvgIpc) is 2.33. The minimum atomic E-state index is -4.87. The zero-order chi connectivity index (χ0) is 15.0. The summed E-state index contributed by atoms with van der Waals surface area (Å²) in [6.45, 7) is 0. The molecule has 0 unspecified atom stereocenters. The Kier molecular flexibility index (Phi) is 3.58. The summed E-state index contributed by atoms with van der Waals surface area (Å²) >= 11 is 0. The molecule has 0 aromatic heterocycles. The van der Waals surface area contributed by atoms with Crippen LogP contribution in [0.1, 0.15) is 19.3 Å². The molecule has 1 aliphatic carbocycles. The summed E-state index contributed by atoms with van der Waals surface area (Å²) in [5.41, 5.74) is -1.09. The van der Waals surface area contributed by atoms with E-state index in [4.69, 9.17) is 5.26 Å². The van der Waals surface area contributed by atoms with Crippen LogP contribution in [0.2, 0.25) is 0 Å². The van der Waals surface area contributed by atoms with Gasteiger partial charge in [-0.2, -0.15) is 18.4 Å². The lowest BCUT2D eigenvalue weighted by Crippen LogP contribution is -2.52. The Morgan fingerprint density at radius 3 is 1.95 bits per heavy atom. The molecular weight excluding hydrogens is 307 g/mol. The van der Waals surface area contributed by atoms with E-state index in [2.05, 4.69) is 4.72 Å². The molecule has 1 N–H and O–H groups in total. The van der Waals surface area contributed by atoms with Crippen molar-refractivity contribution in [3.63, 3.8) is 0 Å². The molecule has 1 aliphatic rings. The van der Waals surface area contributed by atoms with Gasteiger partial charge in [0, 0.05) is 0 Å². The van der Waals surface area contributed by atoms with Crippen molar-refractivity contribution >= 4 is 20.2 Å². The van der Waals surface area contributed by atoms with Crippen LogP contribution in [0.15, 0.2) is 34.1 Å². The fourth-order valence-corrected chi connectivity index (χ4v) is 3.70. The molecule has 0 amide bonds. The smallest absolute Gasteiger partial charge is 0.207 e. The van der Waals surface area contributed by atoms with Gasteiger partial charge in [-0.3, -0.25) is 0 Å². The first-order chi connectivity index (χ1) is 9.19. The van der Waals surface area contributed by atoms with Gasteiger partial charge >= 0.3 is 10.2 Å². The van der Waals surface area contributed by atoms with Gasteiger partial charge in [0.05, 0.1) is 15.9 Å². The van der Waals surface area contributed by atoms with Crippen LogP contribution in [0.4, 0.5) is 3.89 Å². The van der Waals surface area contributed by atoms with E-state index in [9.17, 15) is 20.7 Å². The van der Waals surface area contributed by atoms with Crippen molar-refractivity contribution in [3.8, 4) is 6.07 Å². The largest absolute Gasteiger partial charge is 0.332 e. The van der Waals surface area contributed by atoms with Gasteiger partial charge < -0.3 is 0 Å². The molecule has 9 heteroatoms. The Morgan fingerprint density at radius 2 is 1.60 bits per heavy atom. The second kappa shape index (κ2) is 4.80. The summed E-state index contributed by atoms with van der Waals surface area (Å²) < 4.78 is 60.4. The quantitative estimate of drug-likeness (QED) is 0.836. The molecule has 6 nitrogen and oxygen atoms in total. The zero-order valence-corrected chi connectivity index (χ0v) is 11.8. The van der Waals surface area contributed by atoms with Crippen LogP contribution < -0.4 is 4.72 Å². The first kappa shape index (κ1) is 14.9. The van der Waals surface area contributed by atoms with E-state index in [0.29, 0.717) is 12.8 Å². The predicted octanol–water partition coefficient (Wildman–Crippen LogP) is 1.07. The molecule has 0 radical (unpaired) electrons. The zero-order valence-electron chi connectivity index (χ0n) is 10.2. The third kappa shape index (κ3) is 2.82. The van der Waals surface area contributed by atoms with Crippen LogP contribution in [0, 0.1) is 11.3 Å². The lowest BCUT2D eigenvalue weighted by molar-refractivity contribution is 0.296. The fourth-order valence-electron chi connectivity index (χ4n) is 1.86. The maximum atomic E-state index is 12.7. The maximum Gasteiger partial charge on any atom is 0.332 e. The number of hydrogen-bond acceptors (Lipinski definition) is 5. The summed E-state index contributed by atoms with van der Waals surface area (Å²) in [6, 6.07) is 5.63. The second-order valence-corrected chi connectivity index (χ2v) is 7.59. The van der Waals surface area contributed by atoms with E-state index in [1.54, 1.807) is 0 Å². The molecule has 2 rings (SSSR count). The number of benzene rings is 1. The minimum absolute atomic E-state index is 0.216. The summed E-state index contributed by atoms with van der Waals surface area (Å²) in [5, 5.41) is 8.99. The molecule has 1 aromatic carbocycles. The van der Waals surface area contributed by atoms with Gasteiger partial charge in [-0.1, -0.05) is 0 Å². The second-order valence-electron chi connectivity index (χ2n) is 4.56. The van der Waals surface area contributed by atoms with E-state index in [0.717, 1.165) is 30.7 Å². The van der Waals surface area contributed by atoms with E-state index in [1.165, 1.54) is 0 Å². The lowest BCUT2D eigenvalue weighted by Gasteiger charge is -2.35. The number of sulfonamides is 1. The predicted molar refractivity (Wildman–Crippen MR) is 67.3 cm³/mol. The Balaban J connectivity index is 2.29. The third-order valence-corrected chi connectivity index (χ3v) is 5.55. The van der Waals surface area contributed by atoms with Crippen LogP contribution in [-0.4, -0.2) is 22.4 Å². The van der Waals surface area contributed by atoms with Crippen molar-refractivity contribution in [3.05, 3.63) is 24.3 Å². The van der Waals surface area contributed by atoms with Crippen molar-refractivity contribution in [1.29, 1.82) is 5.26 Å². The van der Waals surface area contributed by atoms with Crippen LogP contribution in [0.25, 0.3) is 0 Å². The van der Waals surface area contributed by atoms with Crippen LogP contribution in [0.5, 0.6) is 0 Å². The number of halogens is 1. The molecule has 20 heavy (non-hydrogen) atoms. The molecule has 108 valence electrons. The number of nitrogens with one attached hydrogen (secondary N) is 1. The standard InChI is InChI=1S/C11H11FN2O4S2/c12-19(15,16)9-2-4-10(5-3-9)20(17,18)14-11(8-13)6-1-7-11/h2-5,14H,1,6-7H2. The molecule has 1 saturated carbocycles. The Hall–Kier alpha value is -1.50. The van der Waals surface area contributed by atoms with Gasteiger partial charge in [0.15, 0.2) is 0 Å². The first-order valence-corrected chi connectivity index (χ1v) is 8.55. The summed E-state index contributed by atoms with van der Waals surface area (Å²) in [6.07, 6.45) is 1.62. The average molecular weight is 318 g/mol. The van der Waals surface area contributed by atoms with E-state index in [-0.39, 0.29) is 4.90 Å². The number of hydrogen-bond donors (Lipinski definition) is 1. The van der Waals surface area contributed by atoms with Crippen molar-refractivity contribution in [2.45, 2.75) is 34.6 Å². The van der Waals surface area contributed by atoms with Gasteiger partial charge in [-0.05, 0) is 43.5 Å². The third-order valence-electron chi connectivity index (χ3n) is 3.17. The van der Waals surface area contributed by atoms with Crippen LogP contribution in [0.3, 0.4) is 0 Å². The van der Waals surface area contributed by atoms with Crippen LogP contribution >= 0.6 is 0 Å². The molecule has 0 atom stereocenters. The van der Waals surface area contributed by atoms with Gasteiger partial charge in [0.2, 0.25) is 10.0 Å². The normalized spacial score (nSPS) is 18.0. The van der Waals surface area contributed by atoms with E-state index >= 15 is 0 Å². The SMILES string of the molecule is N#CC1(NS(=O)(=O)c2ccc(S(=O)(=O)F)cc2)CCC1. The number of nitrogens with zero attached hydrogens (tertiary/aromatic N) is 1. The highest BCUT2D eigenvalue weighted by Gasteiger charge is 2.41. The summed E-state index contributed by atoms with van der Waals surface area (Å²) in [5.74, 6) is 0. The fraction of sp³-hybridized carbons (Fsp3) is 0.364. The molecule has 0 saturated heterocycles. The summed E-state index contributed by atoms with van der Waals surface area (Å²) in [7, 11) is -8.81. The molecule has 1 fully saturated rings. The Morgan fingerprint density at radius 1 is 1.10 bits per heavy atom. The molecule has 0 heterocycles. The topological polar surface area (TPSA) is 104 Å². The Labute approximate surface area is 116 Å². The Bertz CT molecular complexity index is 760. The van der Waals surface area contributed by atoms with Crippen LogP contribution in [-0.2, 0) is 20.2 Å². The van der Waals surface area contributed by atoms with Crippen molar-refractivity contribution in [2.24, 2.45) is 0 Å². The van der Waals surface area contributed by atoms with Crippen molar-refractivity contribution < 1.29 is 20.7 Å². The highest BCUT2D eigenvalue weighted by atomic mass is 32.3.